The molecule has 0 amide bonds. The van der Waals surface area contributed by atoms with Crippen LogP contribution in [0.3, 0.4) is 0 Å². The van der Waals surface area contributed by atoms with Gasteiger partial charge in [0, 0.05) is 25.7 Å². The molecular formula is C17H31NO2. The van der Waals surface area contributed by atoms with Crippen LogP contribution in [0, 0.1) is 11.8 Å². The van der Waals surface area contributed by atoms with E-state index in [-0.39, 0.29) is 5.60 Å². The van der Waals surface area contributed by atoms with Crippen LogP contribution in [-0.4, -0.2) is 38.0 Å². The normalized spacial score (nSPS) is 37.4. The van der Waals surface area contributed by atoms with Crippen LogP contribution in [-0.2, 0) is 9.47 Å². The second kappa shape index (κ2) is 6.76. The lowest BCUT2D eigenvalue weighted by Crippen LogP contribution is -2.50. The Morgan fingerprint density at radius 2 is 1.95 bits per heavy atom. The Bertz CT molecular complexity index is 295. The van der Waals surface area contributed by atoms with Crippen LogP contribution in [0.1, 0.15) is 58.3 Å². The van der Waals surface area contributed by atoms with E-state index in [1.54, 1.807) is 0 Å². The molecular weight excluding hydrogens is 250 g/mol. The summed E-state index contributed by atoms with van der Waals surface area (Å²) in [6.45, 7) is 6.00. The molecule has 1 aliphatic carbocycles. The molecule has 3 aliphatic rings. The highest BCUT2D eigenvalue weighted by Crippen LogP contribution is 2.40. The van der Waals surface area contributed by atoms with E-state index in [0.29, 0.717) is 6.04 Å². The zero-order valence-corrected chi connectivity index (χ0v) is 13.0. The van der Waals surface area contributed by atoms with Gasteiger partial charge in [-0.3, -0.25) is 0 Å². The number of hydrogen-bond donors (Lipinski definition) is 1. The van der Waals surface area contributed by atoms with Gasteiger partial charge >= 0.3 is 0 Å². The molecule has 3 rings (SSSR count). The van der Waals surface area contributed by atoms with Gasteiger partial charge in [0.2, 0.25) is 0 Å². The molecule has 0 aromatic carbocycles. The van der Waals surface area contributed by atoms with Crippen molar-refractivity contribution in [3.8, 4) is 0 Å². The van der Waals surface area contributed by atoms with E-state index in [1.807, 2.05) is 0 Å². The smallest absolute Gasteiger partial charge is 0.0939 e. The van der Waals surface area contributed by atoms with Crippen LogP contribution in [0.15, 0.2) is 0 Å². The lowest BCUT2D eigenvalue weighted by molar-refractivity contribution is -0.106. The standard InChI is InChI=1S/C17H31NO2/c1-2-18-16(14-6-4-3-5-7-14)15-8-10-20-17(12-15)9-11-19-13-17/h14-16,18H,2-13H2,1H3. The van der Waals surface area contributed by atoms with Crippen molar-refractivity contribution in [2.75, 3.05) is 26.4 Å². The molecule has 1 saturated carbocycles. The molecule has 20 heavy (non-hydrogen) atoms. The van der Waals surface area contributed by atoms with Gasteiger partial charge in [0.1, 0.15) is 0 Å². The molecule has 1 N–H and O–H groups in total. The molecule has 3 heteroatoms. The van der Waals surface area contributed by atoms with Gasteiger partial charge in [-0.25, -0.2) is 0 Å². The predicted molar refractivity (Wildman–Crippen MR) is 80.9 cm³/mol. The molecule has 0 radical (unpaired) electrons. The van der Waals surface area contributed by atoms with Crippen molar-refractivity contribution in [3.63, 3.8) is 0 Å². The number of ether oxygens (including phenoxy) is 2. The highest BCUT2D eigenvalue weighted by molar-refractivity contribution is 4.95. The van der Waals surface area contributed by atoms with E-state index in [2.05, 4.69) is 12.2 Å². The lowest BCUT2D eigenvalue weighted by atomic mass is 9.73. The topological polar surface area (TPSA) is 30.5 Å². The Morgan fingerprint density at radius 1 is 1.10 bits per heavy atom. The van der Waals surface area contributed by atoms with Crippen molar-refractivity contribution in [1.29, 1.82) is 0 Å². The molecule has 3 atom stereocenters. The summed E-state index contributed by atoms with van der Waals surface area (Å²) in [6, 6.07) is 0.710. The highest BCUT2D eigenvalue weighted by atomic mass is 16.6. The fraction of sp³-hybridized carbons (Fsp3) is 1.00. The van der Waals surface area contributed by atoms with Gasteiger partial charge in [-0.1, -0.05) is 26.2 Å². The van der Waals surface area contributed by atoms with Gasteiger partial charge < -0.3 is 14.8 Å². The zero-order valence-electron chi connectivity index (χ0n) is 13.0. The molecule has 0 bridgehead atoms. The van der Waals surface area contributed by atoms with Crippen molar-refractivity contribution in [2.24, 2.45) is 11.8 Å². The van der Waals surface area contributed by atoms with Crippen molar-refractivity contribution in [3.05, 3.63) is 0 Å². The van der Waals surface area contributed by atoms with E-state index >= 15 is 0 Å². The van der Waals surface area contributed by atoms with Gasteiger partial charge in [0.15, 0.2) is 0 Å². The van der Waals surface area contributed by atoms with Crippen molar-refractivity contribution in [2.45, 2.75) is 69.9 Å². The van der Waals surface area contributed by atoms with Crippen molar-refractivity contribution < 1.29 is 9.47 Å². The molecule has 3 unspecified atom stereocenters. The third-order valence-electron chi connectivity index (χ3n) is 5.70. The maximum atomic E-state index is 6.12. The summed E-state index contributed by atoms with van der Waals surface area (Å²) < 4.78 is 11.7. The Hall–Kier alpha value is -0.120. The summed E-state index contributed by atoms with van der Waals surface area (Å²) in [5.41, 5.74) is 0.0608. The Balaban J connectivity index is 1.66. The summed E-state index contributed by atoms with van der Waals surface area (Å²) in [5, 5.41) is 3.83. The van der Waals surface area contributed by atoms with Crippen LogP contribution >= 0.6 is 0 Å². The van der Waals surface area contributed by atoms with Crippen molar-refractivity contribution in [1.82, 2.24) is 5.32 Å². The Kier molecular flexibility index (Phi) is 5.00. The third-order valence-corrected chi connectivity index (χ3v) is 5.70. The molecule has 0 aromatic rings. The number of nitrogens with one attached hydrogen (secondary N) is 1. The fourth-order valence-corrected chi connectivity index (χ4v) is 4.68. The monoisotopic (exact) mass is 281 g/mol. The SMILES string of the molecule is CCNC(C1CCCCC1)C1CCOC2(CCOC2)C1. The first-order chi connectivity index (χ1) is 9.83. The third kappa shape index (κ3) is 3.20. The minimum Gasteiger partial charge on any atom is -0.378 e. The highest BCUT2D eigenvalue weighted by Gasteiger charge is 2.44. The molecule has 2 saturated heterocycles. The minimum atomic E-state index is 0.0608. The summed E-state index contributed by atoms with van der Waals surface area (Å²) in [7, 11) is 0. The Labute approximate surface area is 123 Å². The van der Waals surface area contributed by atoms with Crippen LogP contribution < -0.4 is 5.32 Å². The maximum absolute atomic E-state index is 6.12. The second-order valence-corrected chi connectivity index (χ2v) is 7.07. The van der Waals surface area contributed by atoms with E-state index < -0.39 is 0 Å². The van der Waals surface area contributed by atoms with Crippen LogP contribution in [0.2, 0.25) is 0 Å². The van der Waals surface area contributed by atoms with Gasteiger partial charge in [0.25, 0.3) is 0 Å². The van der Waals surface area contributed by atoms with Gasteiger partial charge in [0.05, 0.1) is 12.2 Å². The van der Waals surface area contributed by atoms with Crippen molar-refractivity contribution >= 4 is 0 Å². The average molecular weight is 281 g/mol. The molecule has 0 aromatic heterocycles. The van der Waals surface area contributed by atoms with E-state index in [9.17, 15) is 0 Å². The molecule has 1 spiro atoms. The average Bonchev–Trinajstić information content (AvgIpc) is 2.93. The molecule has 3 fully saturated rings. The molecule has 3 nitrogen and oxygen atoms in total. The summed E-state index contributed by atoms with van der Waals surface area (Å²) in [4.78, 5) is 0. The van der Waals surface area contributed by atoms with Gasteiger partial charge in [-0.05, 0) is 44.1 Å². The molecule has 116 valence electrons. The Morgan fingerprint density at radius 3 is 2.65 bits per heavy atom. The maximum Gasteiger partial charge on any atom is 0.0939 e. The van der Waals surface area contributed by atoms with Gasteiger partial charge in [-0.15, -0.1) is 0 Å². The fourth-order valence-electron chi connectivity index (χ4n) is 4.68. The zero-order chi connectivity index (χ0) is 13.8. The van der Waals surface area contributed by atoms with E-state index in [0.717, 1.165) is 44.6 Å². The predicted octanol–water partition coefficient (Wildman–Crippen LogP) is 3.13. The second-order valence-electron chi connectivity index (χ2n) is 7.07. The largest absolute Gasteiger partial charge is 0.378 e. The first-order valence-corrected chi connectivity index (χ1v) is 8.78. The summed E-state index contributed by atoms with van der Waals surface area (Å²) in [5.74, 6) is 1.68. The van der Waals surface area contributed by atoms with Crippen LogP contribution in [0.5, 0.6) is 0 Å². The number of hydrogen-bond acceptors (Lipinski definition) is 3. The van der Waals surface area contributed by atoms with Crippen LogP contribution in [0.25, 0.3) is 0 Å². The number of rotatable bonds is 4. The quantitative estimate of drug-likeness (QED) is 0.859. The molecule has 2 aliphatic heterocycles. The molecule has 2 heterocycles. The van der Waals surface area contributed by atoms with Gasteiger partial charge in [-0.2, -0.15) is 0 Å². The van der Waals surface area contributed by atoms with E-state index in [4.69, 9.17) is 9.47 Å². The minimum absolute atomic E-state index is 0.0608. The summed E-state index contributed by atoms with van der Waals surface area (Å²) in [6.07, 6.45) is 10.7. The lowest BCUT2D eigenvalue weighted by Gasteiger charge is -2.44. The van der Waals surface area contributed by atoms with E-state index in [1.165, 1.54) is 44.9 Å². The van der Waals surface area contributed by atoms with Crippen LogP contribution in [0.4, 0.5) is 0 Å². The first kappa shape index (κ1) is 14.8. The first-order valence-electron chi connectivity index (χ1n) is 8.78. The summed E-state index contributed by atoms with van der Waals surface area (Å²) >= 11 is 0.